The van der Waals surface area contributed by atoms with Gasteiger partial charge in [0.2, 0.25) is 11.8 Å². The average Bonchev–Trinajstić information content (AvgIpc) is 2.77. The zero-order valence-electron chi connectivity index (χ0n) is 20.8. The standard InChI is InChI=1S/C27H37N3O4/c1-18(2)15-23(30-26(33)34-17-20-9-7-6-8-10-20)25(32)29-22(24(28)31)16-19-11-13-21(14-12-19)27(3,4)5/h6-14,18,22-23H,15-17H2,1-5H3,(H2,28,31)(H,29,32)(H,30,33)/t22-,23+/m1/s1. The Hall–Kier alpha value is -3.35. The first kappa shape index (κ1) is 26.9. The summed E-state index contributed by atoms with van der Waals surface area (Å²) in [6, 6.07) is 15.4. The zero-order chi connectivity index (χ0) is 25.3. The van der Waals surface area contributed by atoms with Crippen molar-refractivity contribution in [1.29, 1.82) is 0 Å². The van der Waals surface area contributed by atoms with Gasteiger partial charge in [-0.3, -0.25) is 9.59 Å². The minimum absolute atomic E-state index is 0.0146. The lowest BCUT2D eigenvalue weighted by atomic mass is 9.86. The van der Waals surface area contributed by atoms with E-state index >= 15 is 0 Å². The minimum Gasteiger partial charge on any atom is -0.445 e. The Morgan fingerprint density at radius 3 is 2.03 bits per heavy atom. The van der Waals surface area contributed by atoms with Crippen molar-refractivity contribution in [2.24, 2.45) is 11.7 Å². The molecule has 3 amide bonds. The van der Waals surface area contributed by atoms with Crippen molar-refractivity contribution in [2.75, 3.05) is 0 Å². The smallest absolute Gasteiger partial charge is 0.408 e. The fourth-order valence-corrected chi connectivity index (χ4v) is 3.48. The summed E-state index contributed by atoms with van der Waals surface area (Å²) >= 11 is 0. The van der Waals surface area contributed by atoms with Crippen LogP contribution in [0.15, 0.2) is 54.6 Å². The van der Waals surface area contributed by atoms with Crippen molar-refractivity contribution in [2.45, 2.75) is 71.6 Å². The third kappa shape index (κ3) is 8.89. The Kier molecular flexibility index (Phi) is 9.66. The molecule has 0 saturated heterocycles. The van der Waals surface area contributed by atoms with Gasteiger partial charge in [0, 0.05) is 6.42 Å². The van der Waals surface area contributed by atoms with E-state index in [1.807, 2.05) is 68.4 Å². The van der Waals surface area contributed by atoms with E-state index < -0.39 is 30.0 Å². The number of nitrogens with one attached hydrogen (secondary N) is 2. The van der Waals surface area contributed by atoms with Crippen LogP contribution in [0.25, 0.3) is 0 Å². The zero-order valence-corrected chi connectivity index (χ0v) is 20.8. The van der Waals surface area contributed by atoms with Crippen LogP contribution in [0.3, 0.4) is 0 Å². The van der Waals surface area contributed by atoms with E-state index in [4.69, 9.17) is 10.5 Å². The number of ether oxygens (including phenoxy) is 1. The van der Waals surface area contributed by atoms with Crippen molar-refractivity contribution in [3.63, 3.8) is 0 Å². The van der Waals surface area contributed by atoms with E-state index in [2.05, 4.69) is 31.4 Å². The quantitative estimate of drug-likeness (QED) is 0.493. The molecule has 0 bridgehead atoms. The number of alkyl carbamates (subject to hydrolysis) is 1. The predicted octanol–water partition coefficient (Wildman–Crippen LogP) is 3.84. The first-order valence-electron chi connectivity index (χ1n) is 11.6. The molecule has 0 fully saturated rings. The molecule has 0 radical (unpaired) electrons. The predicted molar refractivity (Wildman–Crippen MR) is 133 cm³/mol. The topological polar surface area (TPSA) is 111 Å². The molecule has 7 nitrogen and oxygen atoms in total. The Morgan fingerprint density at radius 1 is 0.882 bits per heavy atom. The van der Waals surface area contributed by atoms with Gasteiger partial charge >= 0.3 is 6.09 Å². The molecule has 34 heavy (non-hydrogen) atoms. The van der Waals surface area contributed by atoms with Gasteiger partial charge in [-0.2, -0.15) is 0 Å². The number of benzene rings is 2. The fraction of sp³-hybridized carbons (Fsp3) is 0.444. The number of nitrogens with two attached hydrogens (primary N) is 1. The van der Waals surface area contributed by atoms with Crippen LogP contribution in [0, 0.1) is 5.92 Å². The highest BCUT2D eigenvalue weighted by Gasteiger charge is 2.27. The van der Waals surface area contributed by atoms with E-state index in [0.29, 0.717) is 6.42 Å². The SMILES string of the molecule is CC(C)C[C@H](NC(=O)OCc1ccccc1)C(=O)N[C@H](Cc1ccc(C(C)(C)C)cc1)C(N)=O. The maximum absolute atomic E-state index is 13.0. The van der Waals surface area contributed by atoms with Crippen LogP contribution in [0.1, 0.15) is 57.7 Å². The van der Waals surface area contributed by atoms with E-state index in [1.54, 1.807) is 0 Å². The van der Waals surface area contributed by atoms with Gasteiger partial charge in [-0.1, -0.05) is 89.2 Å². The molecule has 2 aromatic carbocycles. The number of primary amides is 1. The van der Waals surface area contributed by atoms with Crippen LogP contribution in [-0.4, -0.2) is 30.0 Å². The lowest BCUT2D eigenvalue weighted by molar-refractivity contribution is -0.128. The van der Waals surface area contributed by atoms with Gasteiger partial charge in [-0.05, 0) is 34.4 Å². The molecule has 2 aromatic rings. The molecule has 0 heterocycles. The van der Waals surface area contributed by atoms with Gasteiger partial charge in [0.1, 0.15) is 18.7 Å². The number of carbonyl (C=O) groups is 3. The summed E-state index contributed by atoms with van der Waals surface area (Å²) in [6.07, 6.45) is -0.0471. The van der Waals surface area contributed by atoms with Crippen LogP contribution in [-0.2, 0) is 32.8 Å². The van der Waals surface area contributed by atoms with Crippen molar-refractivity contribution < 1.29 is 19.1 Å². The first-order chi connectivity index (χ1) is 16.0. The second-order valence-electron chi connectivity index (χ2n) is 10.0. The van der Waals surface area contributed by atoms with E-state index in [0.717, 1.165) is 11.1 Å². The number of hydrogen-bond donors (Lipinski definition) is 3. The molecule has 0 aliphatic rings. The molecule has 0 aromatic heterocycles. The highest BCUT2D eigenvalue weighted by atomic mass is 16.5. The molecular formula is C27H37N3O4. The Bertz CT molecular complexity index is 950. The summed E-state index contributed by atoms with van der Waals surface area (Å²) in [6.45, 7) is 10.4. The molecule has 0 aliphatic carbocycles. The van der Waals surface area contributed by atoms with Crippen molar-refractivity contribution in [3.05, 3.63) is 71.3 Å². The monoisotopic (exact) mass is 467 g/mol. The normalized spacial score (nSPS) is 13.1. The lowest BCUT2D eigenvalue weighted by Crippen LogP contribution is -2.54. The molecule has 184 valence electrons. The van der Waals surface area contributed by atoms with Crippen LogP contribution in [0.4, 0.5) is 4.79 Å². The Labute approximate surface area is 202 Å². The van der Waals surface area contributed by atoms with Gasteiger partial charge in [0.25, 0.3) is 0 Å². The van der Waals surface area contributed by atoms with Crippen molar-refractivity contribution in [3.8, 4) is 0 Å². The third-order valence-electron chi connectivity index (χ3n) is 5.45. The van der Waals surface area contributed by atoms with Crippen molar-refractivity contribution in [1.82, 2.24) is 10.6 Å². The van der Waals surface area contributed by atoms with E-state index in [-0.39, 0.29) is 24.4 Å². The highest BCUT2D eigenvalue weighted by molar-refractivity contribution is 5.90. The van der Waals surface area contributed by atoms with Crippen LogP contribution in [0.5, 0.6) is 0 Å². The first-order valence-corrected chi connectivity index (χ1v) is 11.6. The molecular weight excluding hydrogens is 430 g/mol. The fourth-order valence-electron chi connectivity index (χ4n) is 3.48. The van der Waals surface area contributed by atoms with Gasteiger partial charge in [-0.15, -0.1) is 0 Å². The van der Waals surface area contributed by atoms with Crippen LogP contribution >= 0.6 is 0 Å². The minimum atomic E-state index is -0.898. The molecule has 0 saturated carbocycles. The summed E-state index contributed by atoms with van der Waals surface area (Å²) in [5.74, 6) is -0.981. The summed E-state index contributed by atoms with van der Waals surface area (Å²) in [5.41, 5.74) is 8.49. The average molecular weight is 468 g/mol. The van der Waals surface area contributed by atoms with Gasteiger partial charge in [-0.25, -0.2) is 4.79 Å². The molecule has 0 aliphatic heterocycles. The van der Waals surface area contributed by atoms with Gasteiger partial charge in [0.05, 0.1) is 0 Å². The summed E-state index contributed by atoms with van der Waals surface area (Å²) < 4.78 is 5.26. The second kappa shape index (κ2) is 12.2. The molecule has 4 N–H and O–H groups in total. The highest BCUT2D eigenvalue weighted by Crippen LogP contribution is 2.22. The second-order valence-corrected chi connectivity index (χ2v) is 10.0. The Balaban J connectivity index is 2.02. The molecule has 2 atom stereocenters. The largest absolute Gasteiger partial charge is 0.445 e. The number of carbonyl (C=O) groups excluding carboxylic acids is 3. The molecule has 0 spiro atoms. The van der Waals surface area contributed by atoms with Crippen LogP contribution < -0.4 is 16.4 Å². The molecule has 7 heteroatoms. The molecule has 2 rings (SSSR count). The van der Waals surface area contributed by atoms with Crippen molar-refractivity contribution >= 4 is 17.9 Å². The van der Waals surface area contributed by atoms with E-state index in [1.165, 1.54) is 5.56 Å². The molecule has 0 unspecified atom stereocenters. The number of hydrogen-bond acceptors (Lipinski definition) is 4. The summed E-state index contributed by atoms with van der Waals surface area (Å²) in [4.78, 5) is 37.4. The Morgan fingerprint density at radius 2 is 1.50 bits per heavy atom. The summed E-state index contributed by atoms with van der Waals surface area (Å²) in [7, 11) is 0. The van der Waals surface area contributed by atoms with Gasteiger partial charge in [0.15, 0.2) is 0 Å². The number of amides is 3. The maximum atomic E-state index is 13.0. The third-order valence-corrected chi connectivity index (χ3v) is 5.45. The van der Waals surface area contributed by atoms with Gasteiger partial charge < -0.3 is 21.1 Å². The number of rotatable bonds is 10. The lowest BCUT2D eigenvalue weighted by Gasteiger charge is -2.23. The van der Waals surface area contributed by atoms with E-state index in [9.17, 15) is 14.4 Å². The maximum Gasteiger partial charge on any atom is 0.408 e. The van der Waals surface area contributed by atoms with Crippen LogP contribution in [0.2, 0.25) is 0 Å². The summed E-state index contributed by atoms with van der Waals surface area (Å²) in [5, 5.41) is 5.34.